The van der Waals surface area contributed by atoms with Crippen molar-refractivity contribution in [1.82, 2.24) is 5.32 Å². The van der Waals surface area contributed by atoms with Crippen LogP contribution in [0, 0.1) is 0 Å². The number of carbonyl (C=O) groups is 1. The average molecular weight is 333 g/mol. The van der Waals surface area contributed by atoms with Crippen LogP contribution in [0.2, 0.25) is 0 Å². The first-order valence-corrected chi connectivity index (χ1v) is 8.04. The summed E-state index contributed by atoms with van der Waals surface area (Å²) in [6, 6.07) is 15.8. The molecule has 3 N–H and O–H groups in total. The molecule has 0 fully saturated rings. The van der Waals surface area contributed by atoms with Gasteiger partial charge in [0.15, 0.2) is 5.96 Å². The van der Waals surface area contributed by atoms with Gasteiger partial charge in [-0.3, -0.25) is 4.99 Å². The first-order chi connectivity index (χ1) is 12.2. The van der Waals surface area contributed by atoms with Crippen LogP contribution >= 0.6 is 0 Å². The quantitative estimate of drug-likeness (QED) is 0.580. The summed E-state index contributed by atoms with van der Waals surface area (Å²) in [5.74, 6) is -0.137. The summed E-state index contributed by atoms with van der Waals surface area (Å²) in [7, 11) is 0. The van der Waals surface area contributed by atoms with E-state index in [9.17, 15) is 4.79 Å². The number of hydrogen-bond donors (Lipinski definition) is 3. The second kappa shape index (κ2) is 7.97. The minimum Gasteiger partial charge on any atom is -0.478 e. The Morgan fingerprint density at radius 3 is 2.44 bits per heavy atom. The molecule has 5 heteroatoms. The molecular formula is C20H19N3O2. The first-order valence-electron chi connectivity index (χ1n) is 8.04. The summed E-state index contributed by atoms with van der Waals surface area (Å²) in [5.41, 5.74) is 3.98. The van der Waals surface area contributed by atoms with E-state index in [0.29, 0.717) is 0 Å². The fraction of sp³-hybridized carbons (Fsp3) is 0.100. The Hall–Kier alpha value is -3.34. The van der Waals surface area contributed by atoms with Gasteiger partial charge in [-0.15, -0.1) is 0 Å². The highest BCUT2D eigenvalue weighted by atomic mass is 16.4. The Kier molecular flexibility index (Phi) is 5.26. The number of nitrogens with one attached hydrogen (secondary N) is 2. The molecule has 1 aliphatic rings. The lowest BCUT2D eigenvalue weighted by molar-refractivity contribution is -0.131. The van der Waals surface area contributed by atoms with Crippen molar-refractivity contribution in [1.29, 1.82) is 0 Å². The maximum atomic E-state index is 10.5. The van der Waals surface area contributed by atoms with Crippen molar-refractivity contribution in [3.05, 3.63) is 71.3 Å². The number of guanidine groups is 1. The van der Waals surface area contributed by atoms with Crippen LogP contribution in [0.1, 0.15) is 16.7 Å². The SMILES string of the molecule is O=C(O)C=Cc1ccc(C=Cc2cccc(NC3=NCCN3)c2)cc1. The van der Waals surface area contributed by atoms with Gasteiger partial charge in [0, 0.05) is 18.3 Å². The maximum Gasteiger partial charge on any atom is 0.328 e. The first kappa shape index (κ1) is 16.5. The molecule has 0 unspecified atom stereocenters. The zero-order chi connectivity index (χ0) is 17.5. The Labute approximate surface area is 146 Å². The van der Waals surface area contributed by atoms with Crippen molar-refractivity contribution in [2.24, 2.45) is 4.99 Å². The summed E-state index contributed by atoms with van der Waals surface area (Å²) >= 11 is 0. The number of hydrogen-bond acceptors (Lipinski definition) is 4. The molecule has 0 atom stereocenters. The summed E-state index contributed by atoms with van der Waals surface area (Å²) in [6.45, 7) is 1.68. The van der Waals surface area contributed by atoms with Crippen molar-refractivity contribution in [2.45, 2.75) is 0 Å². The average Bonchev–Trinajstić information content (AvgIpc) is 3.12. The van der Waals surface area contributed by atoms with E-state index >= 15 is 0 Å². The third-order valence-corrected chi connectivity index (χ3v) is 3.65. The predicted molar refractivity (Wildman–Crippen MR) is 102 cm³/mol. The molecule has 0 aromatic heterocycles. The van der Waals surface area contributed by atoms with Crippen LogP contribution in [0.4, 0.5) is 5.69 Å². The van der Waals surface area contributed by atoms with E-state index in [1.807, 2.05) is 54.6 Å². The van der Waals surface area contributed by atoms with E-state index in [-0.39, 0.29) is 0 Å². The lowest BCUT2D eigenvalue weighted by Gasteiger charge is -2.07. The van der Waals surface area contributed by atoms with Gasteiger partial charge in [-0.2, -0.15) is 0 Å². The zero-order valence-electron chi connectivity index (χ0n) is 13.6. The van der Waals surface area contributed by atoms with E-state index in [0.717, 1.165) is 47.5 Å². The number of carboxylic acid groups (broad SMARTS) is 1. The van der Waals surface area contributed by atoms with Crippen LogP contribution < -0.4 is 10.6 Å². The lowest BCUT2D eigenvalue weighted by Crippen LogP contribution is -2.26. The summed E-state index contributed by atoms with van der Waals surface area (Å²) in [5, 5.41) is 15.1. The molecule has 126 valence electrons. The smallest absolute Gasteiger partial charge is 0.328 e. The van der Waals surface area contributed by atoms with Crippen LogP contribution in [-0.2, 0) is 4.79 Å². The van der Waals surface area contributed by atoms with Crippen molar-refractivity contribution in [2.75, 3.05) is 18.4 Å². The minimum absolute atomic E-state index is 0.805. The Balaban J connectivity index is 1.66. The monoisotopic (exact) mass is 333 g/mol. The van der Waals surface area contributed by atoms with Crippen LogP contribution in [0.25, 0.3) is 18.2 Å². The summed E-state index contributed by atoms with van der Waals surface area (Å²) in [6.07, 6.45) is 6.77. The van der Waals surface area contributed by atoms with Crippen molar-refractivity contribution >= 4 is 35.8 Å². The van der Waals surface area contributed by atoms with E-state index in [1.54, 1.807) is 6.08 Å². The second-order valence-corrected chi connectivity index (χ2v) is 5.58. The van der Waals surface area contributed by atoms with Gasteiger partial charge in [0.2, 0.25) is 0 Å². The van der Waals surface area contributed by atoms with E-state index in [4.69, 9.17) is 5.11 Å². The van der Waals surface area contributed by atoms with Crippen molar-refractivity contribution in [3.63, 3.8) is 0 Å². The summed E-state index contributed by atoms with van der Waals surface area (Å²) in [4.78, 5) is 14.8. The molecule has 1 heterocycles. The molecule has 0 saturated carbocycles. The van der Waals surface area contributed by atoms with Gasteiger partial charge in [0.25, 0.3) is 0 Å². The molecule has 0 aliphatic carbocycles. The standard InChI is InChI=1S/C20H19N3O2/c24-19(25)11-10-16-6-4-15(5-7-16)8-9-17-2-1-3-18(14-17)23-20-21-12-13-22-20/h1-11,14H,12-13H2,(H,24,25)(H2,21,22,23). The van der Waals surface area contributed by atoms with Gasteiger partial charge in [0.1, 0.15) is 0 Å². The molecule has 0 spiro atoms. The van der Waals surface area contributed by atoms with Gasteiger partial charge >= 0.3 is 5.97 Å². The highest BCUT2D eigenvalue weighted by molar-refractivity contribution is 5.95. The number of aliphatic imine (C=N–C) groups is 1. The zero-order valence-corrected chi connectivity index (χ0v) is 13.6. The number of anilines is 1. The molecule has 3 rings (SSSR count). The molecule has 0 saturated heterocycles. The van der Waals surface area contributed by atoms with Crippen molar-refractivity contribution in [3.8, 4) is 0 Å². The predicted octanol–water partition coefficient (Wildman–Crippen LogP) is 3.33. The van der Waals surface area contributed by atoms with Gasteiger partial charge < -0.3 is 15.7 Å². The number of carboxylic acids is 1. The van der Waals surface area contributed by atoms with Gasteiger partial charge in [-0.05, 0) is 34.9 Å². The molecule has 25 heavy (non-hydrogen) atoms. The maximum absolute atomic E-state index is 10.5. The van der Waals surface area contributed by atoms with Crippen LogP contribution in [0.5, 0.6) is 0 Å². The molecule has 0 amide bonds. The van der Waals surface area contributed by atoms with Gasteiger partial charge in [0.05, 0.1) is 6.54 Å². The number of benzene rings is 2. The highest BCUT2D eigenvalue weighted by Gasteiger charge is 2.04. The molecule has 2 aromatic carbocycles. The summed E-state index contributed by atoms with van der Waals surface area (Å²) < 4.78 is 0. The topological polar surface area (TPSA) is 73.7 Å². The molecular weight excluding hydrogens is 314 g/mol. The normalized spacial score (nSPS) is 13.8. The fourth-order valence-corrected chi connectivity index (χ4v) is 2.42. The van der Waals surface area contributed by atoms with Crippen LogP contribution in [0.15, 0.2) is 59.6 Å². The molecule has 0 radical (unpaired) electrons. The molecule has 2 aromatic rings. The largest absolute Gasteiger partial charge is 0.478 e. The Morgan fingerprint density at radius 1 is 1.04 bits per heavy atom. The van der Waals surface area contributed by atoms with Crippen LogP contribution in [0.3, 0.4) is 0 Å². The lowest BCUT2D eigenvalue weighted by atomic mass is 10.1. The second-order valence-electron chi connectivity index (χ2n) is 5.58. The van der Waals surface area contributed by atoms with E-state index < -0.39 is 5.97 Å². The number of nitrogens with zero attached hydrogens (tertiary/aromatic N) is 1. The number of aliphatic carboxylic acids is 1. The van der Waals surface area contributed by atoms with E-state index in [1.165, 1.54) is 0 Å². The molecule has 5 nitrogen and oxygen atoms in total. The molecule has 0 bridgehead atoms. The molecule has 1 aliphatic heterocycles. The van der Waals surface area contributed by atoms with Gasteiger partial charge in [-0.1, -0.05) is 48.6 Å². The fourth-order valence-electron chi connectivity index (χ4n) is 2.42. The Morgan fingerprint density at radius 2 is 1.76 bits per heavy atom. The highest BCUT2D eigenvalue weighted by Crippen LogP contribution is 2.15. The van der Waals surface area contributed by atoms with Gasteiger partial charge in [-0.25, -0.2) is 4.79 Å². The van der Waals surface area contributed by atoms with Crippen molar-refractivity contribution < 1.29 is 9.90 Å². The third-order valence-electron chi connectivity index (χ3n) is 3.65. The number of rotatable bonds is 5. The Bertz CT molecular complexity index is 836. The van der Waals surface area contributed by atoms with E-state index in [2.05, 4.69) is 21.7 Å². The minimum atomic E-state index is -0.948. The van der Waals surface area contributed by atoms with Crippen LogP contribution in [-0.4, -0.2) is 30.1 Å². The third kappa shape index (κ3) is 5.07.